The predicted molar refractivity (Wildman–Crippen MR) is 119 cm³/mol. The highest BCUT2D eigenvalue weighted by molar-refractivity contribution is 6.30. The smallest absolute Gasteiger partial charge is 0.225 e. The number of carbonyl (C=O) groups is 1. The lowest BCUT2D eigenvalue weighted by atomic mass is 9.91. The maximum Gasteiger partial charge on any atom is 0.225 e. The summed E-state index contributed by atoms with van der Waals surface area (Å²) in [6.45, 7) is 7.80. The molecule has 5 heteroatoms. The van der Waals surface area contributed by atoms with Gasteiger partial charge in [0.05, 0.1) is 11.7 Å². The van der Waals surface area contributed by atoms with E-state index in [1.54, 1.807) is 6.20 Å². The molecule has 1 amide bonds. The fourth-order valence-corrected chi connectivity index (χ4v) is 4.10. The normalized spacial score (nSPS) is 19.0. The first-order chi connectivity index (χ1) is 13.8. The highest BCUT2D eigenvalue weighted by Crippen LogP contribution is 2.29. The molecule has 1 aliphatic rings. The number of pyridine rings is 1. The number of hydrogen-bond acceptors (Lipinski definition) is 3. The van der Waals surface area contributed by atoms with Crippen molar-refractivity contribution in [2.24, 2.45) is 5.41 Å². The van der Waals surface area contributed by atoms with Crippen molar-refractivity contribution in [3.05, 3.63) is 64.9 Å². The molecule has 4 nitrogen and oxygen atoms in total. The molecule has 2 aromatic rings. The lowest BCUT2D eigenvalue weighted by Crippen LogP contribution is -2.44. The van der Waals surface area contributed by atoms with Gasteiger partial charge >= 0.3 is 0 Å². The zero-order chi connectivity index (χ0) is 20.9. The van der Waals surface area contributed by atoms with Gasteiger partial charge in [0.25, 0.3) is 0 Å². The molecule has 3 rings (SSSR count). The fraction of sp³-hybridized carbons (Fsp3) is 0.500. The Morgan fingerprint density at radius 3 is 2.76 bits per heavy atom. The second-order valence-corrected chi connectivity index (χ2v) is 9.45. The van der Waals surface area contributed by atoms with Gasteiger partial charge < -0.3 is 5.32 Å². The van der Waals surface area contributed by atoms with Gasteiger partial charge in [0.15, 0.2) is 0 Å². The molecule has 1 saturated heterocycles. The fourth-order valence-electron chi connectivity index (χ4n) is 3.89. The van der Waals surface area contributed by atoms with Gasteiger partial charge in [-0.25, -0.2) is 0 Å². The monoisotopic (exact) mass is 413 g/mol. The largest absolute Gasteiger partial charge is 0.347 e. The zero-order valence-corrected chi connectivity index (χ0v) is 18.5. The quantitative estimate of drug-likeness (QED) is 0.691. The SMILES string of the molecule is CC(C)(C)C(=O)N[C@H](C[C@@H]1CCCCN1Cc1cccc(Cl)c1)c1ccccn1. The van der Waals surface area contributed by atoms with Crippen molar-refractivity contribution in [2.75, 3.05) is 6.54 Å². The van der Waals surface area contributed by atoms with Crippen LogP contribution in [0.2, 0.25) is 5.02 Å². The van der Waals surface area contributed by atoms with E-state index < -0.39 is 5.41 Å². The van der Waals surface area contributed by atoms with Crippen LogP contribution in [0.25, 0.3) is 0 Å². The van der Waals surface area contributed by atoms with E-state index in [4.69, 9.17) is 11.6 Å². The van der Waals surface area contributed by atoms with Gasteiger partial charge in [-0.3, -0.25) is 14.7 Å². The van der Waals surface area contributed by atoms with Gasteiger partial charge in [-0.1, -0.05) is 57.0 Å². The van der Waals surface area contributed by atoms with Gasteiger partial charge in [0.2, 0.25) is 5.91 Å². The minimum atomic E-state index is -0.430. The van der Waals surface area contributed by atoms with Crippen LogP contribution < -0.4 is 5.32 Å². The van der Waals surface area contributed by atoms with Crippen LogP contribution in [0, 0.1) is 5.41 Å². The molecule has 1 N–H and O–H groups in total. The number of piperidine rings is 1. The van der Waals surface area contributed by atoms with Gasteiger partial charge in [-0.2, -0.15) is 0 Å². The second kappa shape index (κ2) is 9.73. The Morgan fingerprint density at radius 1 is 1.24 bits per heavy atom. The number of nitrogens with one attached hydrogen (secondary N) is 1. The van der Waals surface area contributed by atoms with E-state index in [9.17, 15) is 4.79 Å². The molecule has 29 heavy (non-hydrogen) atoms. The number of aromatic nitrogens is 1. The summed E-state index contributed by atoms with van der Waals surface area (Å²) in [5.41, 5.74) is 1.73. The van der Waals surface area contributed by atoms with Gasteiger partial charge in [0, 0.05) is 29.2 Å². The molecule has 0 unspecified atom stereocenters. The van der Waals surface area contributed by atoms with E-state index in [2.05, 4.69) is 21.3 Å². The Bertz CT molecular complexity index is 803. The Morgan fingerprint density at radius 2 is 2.07 bits per heavy atom. The number of nitrogens with zero attached hydrogens (tertiary/aromatic N) is 2. The lowest BCUT2D eigenvalue weighted by molar-refractivity contribution is -0.129. The van der Waals surface area contributed by atoms with Crippen molar-refractivity contribution in [2.45, 2.75) is 65.1 Å². The van der Waals surface area contributed by atoms with Crippen molar-refractivity contribution >= 4 is 17.5 Å². The molecule has 1 fully saturated rings. The minimum Gasteiger partial charge on any atom is -0.347 e. The van der Waals surface area contributed by atoms with Crippen LogP contribution in [0.3, 0.4) is 0 Å². The maximum absolute atomic E-state index is 12.7. The highest BCUT2D eigenvalue weighted by Gasteiger charge is 2.30. The number of hydrogen-bond donors (Lipinski definition) is 1. The number of halogens is 1. The van der Waals surface area contributed by atoms with Crippen molar-refractivity contribution in [3.63, 3.8) is 0 Å². The predicted octanol–water partition coefficient (Wildman–Crippen LogP) is 5.38. The van der Waals surface area contributed by atoms with Crippen LogP contribution in [0.15, 0.2) is 48.7 Å². The van der Waals surface area contributed by atoms with E-state index in [1.807, 2.05) is 57.2 Å². The average Bonchev–Trinajstić information content (AvgIpc) is 2.69. The van der Waals surface area contributed by atoms with Crippen LogP contribution in [-0.4, -0.2) is 28.4 Å². The van der Waals surface area contributed by atoms with E-state index >= 15 is 0 Å². The van der Waals surface area contributed by atoms with Gasteiger partial charge in [0.1, 0.15) is 0 Å². The Kier molecular flexibility index (Phi) is 7.31. The zero-order valence-electron chi connectivity index (χ0n) is 17.7. The van der Waals surface area contributed by atoms with Crippen LogP contribution in [0.1, 0.15) is 63.8 Å². The second-order valence-electron chi connectivity index (χ2n) is 9.02. The molecule has 0 radical (unpaired) electrons. The third-order valence-corrected chi connectivity index (χ3v) is 5.80. The standard InChI is InChI=1S/C24H32ClN3O/c1-24(2,3)23(29)27-22(21-12-4-6-13-26-21)16-20-11-5-7-14-28(20)17-18-9-8-10-19(25)15-18/h4,6,8-10,12-13,15,20,22H,5,7,11,14,16-17H2,1-3H3,(H,27,29)/t20-,22+/m0/s1. The minimum absolute atomic E-state index is 0.0605. The summed E-state index contributed by atoms with van der Waals surface area (Å²) in [6.07, 6.45) is 6.23. The van der Waals surface area contributed by atoms with Crippen LogP contribution in [0.4, 0.5) is 0 Å². The first-order valence-electron chi connectivity index (χ1n) is 10.5. The summed E-state index contributed by atoms with van der Waals surface area (Å²) in [4.78, 5) is 19.8. The third-order valence-electron chi connectivity index (χ3n) is 5.56. The molecule has 0 aliphatic carbocycles. The van der Waals surface area contributed by atoms with Crippen molar-refractivity contribution in [1.82, 2.24) is 15.2 Å². The Balaban J connectivity index is 1.77. The van der Waals surface area contributed by atoms with Crippen molar-refractivity contribution < 1.29 is 4.79 Å². The average molecular weight is 414 g/mol. The highest BCUT2D eigenvalue weighted by atomic mass is 35.5. The first-order valence-corrected chi connectivity index (χ1v) is 10.9. The molecule has 2 heterocycles. The van der Waals surface area contributed by atoms with E-state index in [1.165, 1.54) is 18.4 Å². The van der Waals surface area contributed by atoms with E-state index in [0.29, 0.717) is 6.04 Å². The molecule has 1 aliphatic heterocycles. The summed E-state index contributed by atoms with van der Waals surface area (Å²) in [6, 6.07) is 14.3. The Hall–Kier alpha value is -1.91. The molecular formula is C24H32ClN3O. The molecular weight excluding hydrogens is 382 g/mol. The van der Waals surface area contributed by atoms with Crippen molar-refractivity contribution in [3.8, 4) is 0 Å². The molecule has 156 valence electrons. The molecule has 0 spiro atoms. The van der Waals surface area contributed by atoms with Gasteiger partial charge in [-0.05, 0) is 55.6 Å². The Labute approximate surface area is 179 Å². The van der Waals surface area contributed by atoms with Crippen LogP contribution in [0.5, 0.6) is 0 Å². The van der Waals surface area contributed by atoms with E-state index in [0.717, 1.165) is 36.6 Å². The molecule has 0 saturated carbocycles. The van der Waals surface area contributed by atoms with Crippen LogP contribution >= 0.6 is 11.6 Å². The molecule has 1 aromatic carbocycles. The van der Waals surface area contributed by atoms with Crippen molar-refractivity contribution in [1.29, 1.82) is 0 Å². The molecule has 0 bridgehead atoms. The summed E-state index contributed by atoms with van der Waals surface area (Å²) in [5.74, 6) is 0.0605. The topological polar surface area (TPSA) is 45.2 Å². The summed E-state index contributed by atoms with van der Waals surface area (Å²) in [5, 5.41) is 4.04. The number of amides is 1. The van der Waals surface area contributed by atoms with E-state index in [-0.39, 0.29) is 11.9 Å². The third kappa shape index (κ3) is 6.28. The lowest BCUT2D eigenvalue weighted by Gasteiger charge is -2.38. The summed E-state index contributed by atoms with van der Waals surface area (Å²) in [7, 11) is 0. The number of rotatable bonds is 6. The number of likely N-dealkylation sites (tertiary alicyclic amines) is 1. The summed E-state index contributed by atoms with van der Waals surface area (Å²) >= 11 is 6.19. The summed E-state index contributed by atoms with van der Waals surface area (Å²) < 4.78 is 0. The number of benzene rings is 1. The van der Waals surface area contributed by atoms with Crippen LogP contribution in [-0.2, 0) is 11.3 Å². The molecule has 2 atom stereocenters. The number of carbonyl (C=O) groups excluding carboxylic acids is 1. The van der Waals surface area contributed by atoms with Gasteiger partial charge in [-0.15, -0.1) is 0 Å². The first kappa shape index (κ1) is 21.8. The molecule has 1 aromatic heterocycles. The maximum atomic E-state index is 12.7.